The number of urea groups is 1. The zero-order chi connectivity index (χ0) is 19.4. The molecule has 0 fully saturated rings. The number of benzene rings is 1. The monoisotopic (exact) mass is 387 g/mol. The molecule has 0 unspecified atom stereocenters. The van der Waals surface area contributed by atoms with Crippen LogP contribution in [-0.4, -0.2) is 45.2 Å². The standard InChI is InChI=1S/C18H21N5O3S/c1-4-26-16(24)14-11(2)19-17(25)20-13(14)10-27-18-22-21-15(23(18)3)12-8-6-5-7-9-12/h5-9,11H,4,10H2,1-3H3,(H2,19,20,25)/t11-/m0/s1. The molecule has 9 heteroatoms. The third-order valence-corrected chi connectivity index (χ3v) is 5.12. The lowest BCUT2D eigenvalue weighted by atomic mass is 10.1. The van der Waals surface area contributed by atoms with Crippen LogP contribution in [0, 0.1) is 0 Å². The van der Waals surface area contributed by atoms with Crippen molar-refractivity contribution in [2.75, 3.05) is 12.4 Å². The van der Waals surface area contributed by atoms with Crippen LogP contribution >= 0.6 is 11.8 Å². The van der Waals surface area contributed by atoms with Gasteiger partial charge in [-0.1, -0.05) is 42.1 Å². The van der Waals surface area contributed by atoms with Gasteiger partial charge in [0.05, 0.1) is 18.2 Å². The highest BCUT2D eigenvalue weighted by Gasteiger charge is 2.29. The normalized spacial score (nSPS) is 16.7. The molecule has 0 spiro atoms. The zero-order valence-corrected chi connectivity index (χ0v) is 16.2. The van der Waals surface area contributed by atoms with Gasteiger partial charge in [0.25, 0.3) is 0 Å². The molecule has 2 N–H and O–H groups in total. The molecule has 0 radical (unpaired) electrons. The van der Waals surface area contributed by atoms with Crippen molar-refractivity contribution in [3.8, 4) is 11.4 Å². The van der Waals surface area contributed by atoms with Crippen molar-refractivity contribution >= 4 is 23.8 Å². The van der Waals surface area contributed by atoms with E-state index in [9.17, 15) is 9.59 Å². The summed E-state index contributed by atoms with van der Waals surface area (Å²) >= 11 is 1.39. The molecular formula is C18H21N5O3S. The summed E-state index contributed by atoms with van der Waals surface area (Å²) in [5, 5.41) is 14.6. The predicted molar refractivity (Wildman–Crippen MR) is 102 cm³/mol. The summed E-state index contributed by atoms with van der Waals surface area (Å²) in [6.45, 7) is 3.77. The van der Waals surface area contributed by atoms with Crippen LogP contribution in [0.1, 0.15) is 13.8 Å². The van der Waals surface area contributed by atoms with Gasteiger partial charge in [0.2, 0.25) is 0 Å². The second kappa shape index (κ2) is 8.26. The van der Waals surface area contributed by atoms with Crippen molar-refractivity contribution in [3.05, 3.63) is 41.6 Å². The Kier molecular flexibility index (Phi) is 5.80. The predicted octanol–water partition coefficient (Wildman–Crippen LogP) is 2.09. The van der Waals surface area contributed by atoms with Gasteiger partial charge in [0.15, 0.2) is 11.0 Å². The molecule has 0 aliphatic carbocycles. The highest BCUT2D eigenvalue weighted by Crippen LogP contribution is 2.25. The number of carbonyl (C=O) groups excluding carboxylic acids is 2. The Morgan fingerprint density at radius 2 is 2.04 bits per heavy atom. The minimum absolute atomic E-state index is 0.271. The average molecular weight is 387 g/mol. The van der Waals surface area contributed by atoms with Gasteiger partial charge in [0.1, 0.15) is 0 Å². The molecular weight excluding hydrogens is 366 g/mol. The van der Waals surface area contributed by atoms with Crippen LogP contribution < -0.4 is 10.6 Å². The molecule has 0 saturated carbocycles. The Balaban J connectivity index is 1.82. The number of aromatic nitrogens is 3. The fourth-order valence-corrected chi connectivity index (χ4v) is 3.69. The van der Waals surface area contributed by atoms with E-state index in [2.05, 4.69) is 20.8 Å². The number of nitrogens with zero attached hydrogens (tertiary/aromatic N) is 3. The van der Waals surface area contributed by atoms with Gasteiger partial charge in [-0.2, -0.15) is 0 Å². The fraction of sp³-hybridized carbons (Fsp3) is 0.333. The summed E-state index contributed by atoms with van der Waals surface area (Å²) < 4.78 is 7.01. The van der Waals surface area contributed by atoms with E-state index in [1.54, 1.807) is 13.8 Å². The van der Waals surface area contributed by atoms with Crippen LogP contribution in [0.5, 0.6) is 0 Å². The first-order valence-corrected chi connectivity index (χ1v) is 9.55. The smallest absolute Gasteiger partial charge is 0.337 e. The van der Waals surface area contributed by atoms with Gasteiger partial charge in [-0.3, -0.25) is 0 Å². The number of ether oxygens (including phenoxy) is 1. The summed E-state index contributed by atoms with van der Waals surface area (Å²) in [5.74, 6) is 0.684. The summed E-state index contributed by atoms with van der Waals surface area (Å²) in [6.07, 6.45) is 0. The van der Waals surface area contributed by atoms with Crippen molar-refractivity contribution < 1.29 is 14.3 Å². The number of nitrogens with one attached hydrogen (secondary N) is 2. The highest BCUT2D eigenvalue weighted by molar-refractivity contribution is 7.99. The maximum atomic E-state index is 12.3. The topological polar surface area (TPSA) is 98.1 Å². The lowest BCUT2D eigenvalue weighted by Crippen LogP contribution is -2.49. The quantitative estimate of drug-likeness (QED) is 0.582. The molecule has 2 aromatic rings. The molecule has 8 nitrogen and oxygen atoms in total. The number of carbonyl (C=O) groups is 2. The van der Waals surface area contributed by atoms with E-state index in [-0.39, 0.29) is 12.6 Å². The second-order valence-electron chi connectivity index (χ2n) is 5.95. The third-order valence-electron chi connectivity index (χ3n) is 4.08. The van der Waals surface area contributed by atoms with Crippen molar-refractivity contribution in [1.82, 2.24) is 25.4 Å². The van der Waals surface area contributed by atoms with Crippen LogP contribution in [0.3, 0.4) is 0 Å². The molecule has 1 atom stereocenters. The number of hydrogen-bond donors (Lipinski definition) is 2. The molecule has 3 rings (SSSR count). The van der Waals surface area contributed by atoms with E-state index in [0.717, 1.165) is 11.4 Å². The molecule has 1 aliphatic rings. The van der Waals surface area contributed by atoms with Crippen LogP contribution in [0.4, 0.5) is 4.79 Å². The molecule has 1 aromatic heterocycles. The Hall–Kier alpha value is -2.81. The van der Waals surface area contributed by atoms with Gasteiger partial charge in [-0.05, 0) is 13.8 Å². The second-order valence-corrected chi connectivity index (χ2v) is 6.90. The first-order chi connectivity index (χ1) is 13.0. The Labute approximate surface area is 161 Å². The van der Waals surface area contributed by atoms with E-state index in [0.29, 0.717) is 22.2 Å². The molecule has 27 heavy (non-hydrogen) atoms. The summed E-state index contributed by atoms with van der Waals surface area (Å²) in [7, 11) is 1.88. The lowest BCUT2D eigenvalue weighted by Gasteiger charge is -2.26. The van der Waals surface area contributed by atoms with Gasteiger partial charge in [-0.25, -0.2) is 9.59 Å². The van der Waals surface area contributed by atoms with Crippen molar-refractivity contribution in [1.29, 1.82) is 0 Å². The number of esters is 1. The highest BCUT2D eigenvalue weighted by atomic mass is 32.2. The van der Waals surface area contributed by atoms with Crippen LogP contribution in [0.25, 0.3) is 11.4 Å². The first-order valence-electron chi connectivity index (χ1n) is 8.56. The largest absolute Gasteiger partial charge is 0.463 e. The SMILES string of the molecule is CCOC(=O)C1=C(CSc2nnc(-c3ccccc3)n2C)NC(=O)N[C@H]1C. The maximum Gasteiger partial charge on any atom is 0.337 e. The lowest BCUT2D eigenvalue weighted by molar-refractivity contribution is -0.138. The van der Waals surface area contributed by atoms with Gasteiger partial charge >= 0.3 is 12.0 Å². The minimum Gasteiger partial charge on any atom is -0.463 e. The van der Waals surface area contributed by atoms with Crippen LogP contribution in [0.2, 0.25) is 0 Å². The first kappa shape index (κ1) is 19.0. The Bertz CT molecular complexity index is 878. The zero-order valence-electron chi connectivity index (χ0n) is 15.4. The molecule has 0 saturated heterocycles. The minimum atomic E-state index is -0.434. The van der Waals surface area contributed by atoms with Crippen molar-refractivity contribution in [2.45, 2.75) is 25.0 Å². The number of rotatable bonds is 6. The molecule has 1 aliphatic heterocycles. The van der Waals surface area contributed by atoms with Crippen molar-refractivity contribution in [2.24, 2.45) is 7.05 Å². The summed E-state index contributed by atoms with van der Waals surface area (Å²) in [4.78, 5) is 24.1. The third kappa shape index (κ3) is 4.13. The van der Waals surface area contributed by atoms with E-state index >= 15 is 0 Å². The van der Waals surface area contributed by atoms with Gasteiger partial charge in [0, 0.05) is 24.1 Å². The van der Waals surface area contributed by atoms with Crippen molar-refractivity contribution in [3.63, 3.8) is 0 Å². The fourth-order valence-electron chi connectivity index (χ4n) is 2.81. The molecule has 1 aromatic carbocycles. The van der Waals surface area contributed by atoms with E-state index in [1.807, 2.05) is 41.9 Å². The number of amides is 2. The summed E-state index contributed by atoms with van der Waals surface area (Å²) in [5.41, 5.74) is 1.92. The average Bonchev–Trinajstić information content (AvgIpc) is 3.01. The molecule has 0 bridgehead atoms. The Morgan fingerprint density at radius 1 is 1.30 bits per heavy atom. The van der Waals surface area contributed by atoms with E-state index < -0.39 is 12.0 Å². The number of hydrogen-bond acceptors (Lipinski definition) is 6. The number of thioether (sulfide) groups is 1. The van der Waals surface area contributed by atoms with Crippen LogP contribution in [0.15, 0.2) is 46.8 Å². The van der Waals surface area contributed by atoms with E-state index in [4.69, 9.17) is 4.74 Å². The Morgan fingerprint density at radius 3 is 2.74 bits per heavy atom. The molecule has 2 amide bonds. The molecule has 2 heterocycles. The summed E-state index contributed by atoms with van der Waals surface area (Å²) in [6, 6.07) is 9.00. The van der Waals surface area contributed by atoms with Gasteiger partial charge in [-0.15, -0.1) is 10.2 Å². The molecule has 142 valence electrons. The van der Waals surface area contributed by atoms with Crippen LogP contribution in [-0.2, 0) is 16.6 Å². The van der Waals surface area contributed by atoms with E-state index in [1.165, 1.54) is 11.8 Å². The maximum absolute atomic E-state index is 12.3. The van der Waals surface area contributed by atoms with Gasteiger partial charge < -0.3 is 19.9 Å².